The van der Waals surface area contributed by atoms with Gasteiger partial charge in [-0.3, -0.25) is 4.79 Å². The number of fused-ring (bicyclic) bond motifs is 2. The third-order valence-corrected chi connectivity index (χ3v) is 11.8. The zero-order valence-corrected chi connectivity index (χ0v) is 32.8. The van der Waals surface area contributed by atoms with Crippen molar-refractivity contribution in [1.29, 1.82) is 0 Å². The molecule has 0 saturated carbocycles. The lowest BCUT2D eigenvalue weighted by atomic mass is 9.81. The molecule has 0 N–H and O–H groups in total. The van der Waals surface area contributed by atoms with E-state index < -0.39 is 10.1 Å². The summed E-state index contributed by atoms with van der Waals surface area (Å²) in [6.45, 7) is 14.4. The van der Waals surface area contributed by atoms with Gasteiger partial charge >= 0.3 is 0 Å². The maximum absolute atomic E-state index is 12.1. The predicted molar refractivity (Wildman–Crippen MR) is 212 cm³/mol. The highest BCUT2D eigenvalue weighted by Crippen LogP contribution is 2.48. The zero-order chi connectivity index (χ0) is 38.0. The molecule has 0 radical (unpaired) electrons. The summed E-state index contributed by atoms with van der Waals surface area (Å²) in [7, 11) is -4.59. The van der Waals surface area contributed by atoms with Crippen molar-refractivity contribution < 1.29 is 27.1 Å². The van der Waals surface area contributed by atoms with E-state index in [0.29, 0.717) is 18.7 Å². The van der Waals surface area contributed by atoms with Gasteiger partial charge in [-0.2, -0.15) is 4.58 Å². The molecular formula is C45H52N2O5S. The van der Waals surface area contributed by atoms with Crippen LogP contribution >= 0.6 is 0 Å². The summed E-state index contributed by atoms with van der Waals surface area (Å²) in [5.74, 6) is 1.34. The fourth-order valence-electron chi connectivity index (χ4n) is 8.06. The van der Waals surface area contributed by atoms with E-state index in [2.05, 4.69) is 111 Å². The molecule has 0 saturated heterocycles. The number of ketones is 1. The highest BCUT2D eigenvalue weighted by molar-refractivity contribution is 7.85. The molecule has 1 aliphatic carbocycles. The maximum atomic E-state index is 12.1. The number of benzene rings is 3. The van der Waals surface area contributed by atoms with Crippen molar-refractivity contribution in [2.75, 3.05) is 18.0 Å². The lowest BCUT2D eigenvalue weighted by Gasteiger charge is -2.27. The van der Waals surface area contributed by atoms with E-state index >= 15 is 0 Å². The van der Waals surface area contributed by atoms with Crippen LogP contribution in [0, 0.1) is 0 Å². The van der Waals surface area contributed by atoms with Crippen molar-refractivity contribution in [2.24, 2.45) is 0 Å². The molecule has 3 aliphatic rings. The van der Waals surface area contributed by atoms with E-state index in [9.17, 15) is 17.8 Å². The highest BCUT2D eigenvalue weighted by Gasteiger charge is 2.44. The maximum Gasteiger partial charge on any atom is 0.209 e. The van der Waals surface area contributed by atoms with Gasteiger partial charge in [-0.25, -0.2) is 8.42 Å². The fraction of sp³-hybridized carbons (Fsp3) is 0.378. The molecule has 2 aliphatic heterocycles. The predicted octanol–water partition coefficient (Wildman–Crippen LogP) is 9.82. The van der Waals surface area contributed by atoms with Gasteiger partial charge in [0.2, 0.25) is 5.69 Å². The molecule has 3 aromatic carbocycles. The van der Waals surface area contributed by atoms with Gasteiger partial charge < -0.3 is 14.2 Å². The molecule has 0 spiro atoms. The molecule has 0 atom stereocenters. The Balaban J connectivity index is 1.45. The summed E-state index contributed by atoms with van der Waals surface area (Å²) in [6.07, 6.45) is 15.2. The van der Waals surface area contributed by atoms with Gasteiger partial charge in [0.25, 0.3) is 0 Å². The van der Waals surface area contributed by atoms with E-state index in [0.717, 1.165) is 67.0 Å². The van der Waals surface area contributed by atoms with Crippen molar-refractivity contribution in [3.63, 3.8) is 0 Å². The Morgan fingerprint density at radius 1 is 0.887 bits per heavy atom. The Morgan fingerprint density at radius 3 is 2.28 bits per heavy atom. The molecule has 0 amide bonds. The second-order valence-corrected chi connectivity index (χ2v) is 16.8. The molecular weight excluding hydrogens is 681 g/mol. The lowest BCUT2D eigenvalue weighted by Crippen LogP contribution is -2.28. The molecule has 278 valence electrons. The first kappa shape index (κ1) is 38.2. The Labute approximate surface area is 315 Å². The van der Waals surface area contributed by atoms with Crippen LogP contribution in [0.2, 0.25) is 0 Å². The molecule has 0 unspecified atom stereocenters. The monoisotopic (exact) mass is 732 g/mol. The third kappa shape index (κ3) is 7.90. The van der Waals surface area contributed by atoms with Crippen LogP contribution < -0.4 is 9.64 Å². The number of carbonyl (C=O) groups excluding carboxylic acids is 1. The first-order valence-corrected chi connectivity index (χ1v) is 20.3. The molecule has 3 aromatic rings. The number of Topliss-reactive ketones (excluding diaryl/α,β-unsaturated/α-hetero) is 1. The molecule has 0 bridgehead atoms. The number of carbonyl (C=O) groups is 1. The third-order valence-electron chi connectivity index (χ3n) is 11.0. The molecule has 0 aromatic heterocycles. The van der Waals surface area contributed by atoms with Gasteiger partial charge in [0.05, 0.1) is 16.7 Å². The van der Waals surface area contributed by atoms with Gasteiger partial charge in [-0.15, -0.1) is 0 Å². The van der Waals surface area contributed by atoms with Crippen LogP contribution in [0.5, 0.6) is 5.75 Å². The summed E-state index contributed by atoms with van der Waals surface area (Å²) in [5, 5.41) is 0. The number of ether oxygens (including phenoxy) is 1. The Hall–Kier alpha value is -4.53. The molecule has 8 heteroatoms. The van der Waals surface area contributed by atoms with Crippen LogP contribution in [0.4, 0.5) is 11.4 Å². The summed E-state index contributed by atoms with van der Waals surface area (Å²) in [4.78, 5) is 14.3. The summed E-state index contributed by atoms with van der Waals surface area (Å²) in [5.41, 5.74) is 8.89. The van der Waals surface area contributed by atoms with Crippen molar-refractivity contribution in [3.05, 3.63) is 131 Å². The minimum absolute atomic E-state index is 0.151. The smallest absolute Gasteiger partial charge is 0.209 e. The van der Waals surface area contributed by atoms with Crippen molar-refractivity contribution in [1.82, 2.24) is 0 Å². The Morgan fingerprint density at radius 2 is 1.58 bits per heavy atom. The number of hydrogen-bond donors (Lipinski definition) is 0. The SMILES string of the molecule is CCCCCN1/C(=C/C=C2\CCCC(/C=C/C3=[N+](CCC(C)=O)c4ccccc4C3(C)C)=C2Oc2ccc(S(=O)(=O)[O-])cc2)C(C)(C)c2ccccc21. The Bertz CT molecular complexity index is 2150. The van der Waals surface area contributed by atoms with Gasteiger partial charge in [-0.1, -0.05) is 76.1 Å². The minimum Gasteiger partial charge on any atom is -0.744 e. The largest absolute Gasteiger partial charge is 0.744 e. The number of anilines is 1. The van der Waals surface area contributed by atoms with Crippen molar-refractivity contribution >= 4 is 33.0 Å². The number of unbranched alkanes of at least 4 members (excludes halogenated alkanes) is 2. The van der Waals surface area contributed by atoms with E-state index in [-0.39, 0.29) is 21.5 Å². The van der Waals surface area contributed by atoms with E-state index in [1.807, 2.05) is 6.07 Å². The number of nitrogens with zero attached hydrogens (tertiary/aromatic N) is 2. The highest BCUT2D eigenvalue weighted by atomic mass is 32.2. The number of rotatable bonds is 13. The minimum atomic E-state index is -4.59. The van der Waals surface area contributed by atoms with E-state index in [1.165, 1.54) is 41.1 Å². The van der Waals surface area contributed by atoms with Gasteiger partial charge in [0.15, 0.2) is 12.3 Å². The fourth-order valence-corrected chi connectivity index (χ4v) is 8.53. The second-order valence-electron chi connectivity index (χ2n) is 15.4. The van der Waals surface area contributed by atoms with E-state index in [1.54, 1.807) is 19.1 Å². The van der Waals surface area contributed by atoms with Crippen LogP contribution in [-0.4, -0.2) is 42.1 Å². The normalized spacial score (nSPS) is 19.4. The van der Waals surface area contributed by atoms with Crippen LogP contribution in [0.3, 0.4) is 0 Å². The number of hydrogen-bond acceptors (Lipinski definition) is 6. The first-order valence-electron chi connectivity index (χ1n) is 18.9. The van der Waals surface area contributed by atoms with Gasteiger partial charge in [0, 0.05) is 41.1 Å². The summed E-state index contributed by atoms with van der Waals surface area (Å²) in [6, 6.07) is 22.8. The number of para-hydroxylation sites is 2. The summed E-state index contributed by atoms with van der Waals surface area (Å²) >= 11 is 0. The lowest BCUT2D eigenvalue weighted by molar-refractivity contribution is -0.436. The molecule has 0 fully saturated rings. The molecule has 6 rings (SSSR count). The van der Waals surface area contributed by atoms with Gasteiger partial charge in [-0.05, 0) is 106 Å². The van der Waals surface area contributed by atoms with Crippen molar-refractivity contribution in [2.45, 2.75) is 102 Å². The quantitative estimate of drug-likeness (QED) is 0.0988. The van der Waals surface area contributed by atoms with Crippen LogP contribution in [-0.2, 0) is 25.7 Å². The average molecular weight is 733 g/mol. The zero-order valence-electron chi connectivity index (χ0n) is 31.9. The van der Waals surface area contributed by atoms with Crippen LogP contribution in [0.15, 0.2) is 125 Å². The molecule has 53 heavy (non-hydrogen) atoms. The summed E-state index contributed by atoms with van der Waals surface area (Å²) < 4.78 is 44.0. The van der Waals surface area contributed by atoms with Crippen molar-refractivity contribution in [3.8, 4) is 5.75 Å². The Kier molecular flexibility index (Phi) is 11.1. The average Bonchev–Trinajstić information content (AvgIpc) is 3.47. The van der Waals surface area contributed by atoms with Crippen LogP contribution in [0.25, 0.3) is 0 Å². The molecule has 7 nitrogen and oxygen atoms in total. The molecule has 2 heterocycles. The topological polar surface area (TPSA) is 89.8 Å². The van der Waals surface area contributed by atoms with Crippen LogP contribution in [0.1, 0.15) is 97.6 Å². The number of allylic oxidation sites excluding steroid dienone is 7. The van der Waals surface area contributed by atoms with E-state index in [4.69, 9.17) is 4.74 Å². The first-order chi connectivity index (χ1) is 25.2. The van der Waals surface area contributed by atoms with Gasteiger partial charge in [0.1, 0.15) is 27.4 Å². The standard InChI is InChI=1S/C45H52N2O5S/c1-7-8-13-30-46-39-19-11-9-17-37(39)44(3,4)41(46)27-21-33-15-14-16-34(43(33)52-35-23-25-36(26-24-35)53(49,50)51)22-28-42-45(5,6)38-18-10-12-20-40(38)47(42)31-29-32(2)48/h9-12,17-28H,7-8,13-16,29-31H2,1-6H3. The second kappa shape index (κ2) is 15.4.